The minimum Gasteiger partial charge on any atom is -0.350 e. The Balaban J connectivity index is 1.84. The van der Waals surface area contributed by atoms with Gasteiger partial charge in [-0.1, -0.05) is 31.2 Å². The van der Waals surface area contributed by atoms with Gasteiger partial charge in [-0.2, -0.15) is 0 Å². The number of carbonyl (C=O) groups is 1. The number of hydrogen-bond acceptors (Lipinski definition) is 2. The maximum absolute atomic E-state index is 12.0. The lowest BCUT2D eigenvalue weighted by molar-refractivity contribution is -0.122. The van der Waals surface area contributed by atoms with Gasteiger partial charge >= 0.3 is 0 Å². The van der Waals surface area contributed by atoms with Crippen molar-refractivity contribution < 1.29 is 4.79 Å². The van der Waals surface area contributed by atoms with Crippen LogP contribution in [-0.4, -0.2) is 19.0 Å². The van der Waals surface area contributed by atoms with Crippen molar-refractivity contribution in [3.8, 4) is 0 Å². The highest BCUT2D eigenvalue weighted by Gasteiger charge is 2.19. The van der Waals surface area contributed by atoms with E-state index in [1.54, 1.807) is 0 Å². The number of nitrogens with one attached hydrogen (secondary N) is 2. The van der Waals surface area contributed by atoms with Crippen LogP contribution in [0.4, 0.5) is 0 Å². The summed E-state index contributed by atoms with van der Waals surface area (Å²) in [7, 11) is 0. The second-order valence-corrected chi connectivity index (χ2v) is 5.45. The van der Waals surface area contributed by atoms with Gasteiger partial charge in [0.25, 0.3) is 0 Å². The molecule has 2 N–H and O–H groups in total. The second kappa shape index (κ2) is 6.71. The third-order valence-corrected chi connectivity index (χ3v) is 3.90. The number of amides is 1. The molecule has 0 aliphatic carbocycles. The minimum atomic E-state index is 0.0905. The lowest BCUT2D eigenvalue weighted by atomic mass is 10.0. The molecule has 0 radical (unpaired) electrons. The summed E-state index contributed by atoms with van der Waals surface area (Å²) in [5.74, 6) is 0.676. The van der Waals surface area contributed by atoms with Gasteiger partial charge < -0.3 is 10.6 Å². The quantitative estimate of drug-likeness (QED) is 0.853. The maximum Gasteiger partial charge on any atom is 0.220 e. The van der Waals surface area contributed by atoms with Gasteiger partial charge in [-0.15, -0.1) is 0 Å². The Hall–Kier alpha value is -1.35. The third kappa shape index (κ3) is 4.06. The van der Waals surface area contributed by atoms with Gasteiger partial charge in [0.05, 0.1) is 6.04 Å². The molecule has 2 atom stereocenters. The molecule has 1 aliphatic rings. The average Bonchev–Trinajstić information content (AvgIpc) is 2.91. The van der Waals surface area contributed by atoms with Crippen LogP contribution < -0.4 is 10.6 Å². The monoisotopic (exact) mass is 260 g/mol. The summed E-state index contributed by atoms with van der Waals surface area (Å²) in [6.45, 7) is 6.22. The molecule has 3 nitrogen and oxygen atoms in total. The lowest BCUT2D eigenvalue weighted by Gasteiger charge is -2.16. The van der Waals surface area contributed by atoms with Gasteiger partial charge in [-0.25, -0.2) is 0 Å². The Bertz CT molecular complexity index is 407. The van der Waals surface area contributed by atoms with Crippen LogP contribution in [0.5, 0.6) is 0 Å². The Morgan fingerprint density at radius 1 is 1.42 bits per heavy atom. The van der Waals surface area contributed by atoms with Crippen LogP contribution >= 0.6 is 0 Å². The highest BCUT2D eigenvalue weighted by Crippen LogP contribution is 2.16. The number of aryl methyl sites for hydroxylation is 1. The van der Waals surface area contributed by atoms with Gasteiger partial charge in [-0.3, -0.25) is 4.79 Å². The maximum atomic E-state index is 12.0. The normalized spacial score (nSPS) is 20.2. The molecule has 2 unspecified atom stereocenters. The standard InChI is InChI=1S/C16H24N2O/c1-3-13-4-6-15(7-5-13)12(2)18-16(19)10-14-8-9-17-11-14/h4-7,12,14,17H,3,8-11H2,1-2H3,(H,18,19). The molecule has 0 bridgehead atoms. The molecular formula is C16H24N2O. The molecule has 1 heterocycles. The lowest BCUT2D eigenvalue weighted by Crippen LogP contribution is -2.28. The van der Waals surface area contributed by atoms with Gasteiger partial charge in [-0.05, 0) is 49.9 Å². The first kappa shape index (κ1) is 14.1. The first-order valence-electron chi connectivity index (χ1n) is 7.28. The molecule has 1 aliphatic heterocycles. The molecule has 1 saturated heterocycles. The van der Waals surface area contributed by atoms with E-state index in [0.29, 0.717) is 12.3 Å². The van der Waals surface area contributed by atoms with E-state index in [0.717, 1.165) is 25.9 Å². The van der Waals surface area contributed by atoms with Gasteiger partial charge in [0.15, 0.2) is 0 Å². The molecule has 19 heavy (non-hydrogen) atoms. The van der Waals surface area contributed by atoms with Crippen molar-refractivity contribution in [1.82, 2.24) is 10.6 Å². The Morgan fingerprint density at radius 2 is 2.16 bits per heavy atom. The largest absolute Gasteiger partial charge is 0.350 e. The molecule has 3 heteroatoms. The molecule has 0 aromatic heterocycles. The van der Waals surface area contributed by atoms with Crippen molar-refractivity contribution in [2.75, 3.05) is 13.1 Å². The summed E-state index contributed by atoms with van der Waals surface area (Å²) in [4.78, 5) is 12.0. The molecule has 0 spiro atoms. The van der Waals surface area contributed by atoms with E-state index >= 15 is 0 Å². The van der Waals surface area contributed by atoms with Gasteiger partial charge in [0, 0.05) is 6.42 Å². The summed E-state index contributed by atoms with van der Waals surface area (Å²) in [5.41, 5.74) is 2.51. The van der Waals surface area contributed by atoms with Crippen molar-refractivity contribution in [2.45, 2.75) is 39.2 Å². The summed E-state index contributed by atoms with van der Waals surface area (Å²) >= 11 is 0. The topological polar surface area (TPSA) is 41.1 Å². The van der Waals surface area contributed by atoms with Gasteiger partial charge in [0.2, 0.25) is 5.91 Å². The highest BCUT2D eigenvalue weighted by molar-refractivity contribution is 5.76. The molecule has 1 fully saturated rings. The minimum absolute atomic E-state index is 0.0905. The van der Waals surface area contributed by atoms with Crippen molar-refractivity contribution in [3.05, 3.63) is 35.4 Å². The number of benzene rings is 1. The summed E-state index contributed by atoms with van der Waals surface area (Å²) < 4.78 is 0. The van der Waals surface area contributed by atoms with Gasteiger partial charge in [0.1, 0.15) is 0 Å². The van der Waals surface area contributed by atoms with Crippen LogP contribution in [0, 0.1) is 5.92 Å². The zero-order valence-corrected chi connectivity index (χ0v) is 11.9. The highest BCUT2D eigenvalue weighted by atomic mass is 16.1. The molecule has 0 saturated carbocycles. The van der Waals surface area contributed by atoms with Crippen LogP contribution in [0.15, 0.2) is 24.3 Å². The van der Waals surface area contributed by atoms with E-state index in [9.17, 15) is 4.79 Å². The van der Waals surface area contributed by atoms with Crippen molar-refractivity contribution in [3.63, 3.8) is 0 Å². The van der Waals surface area contributed by atoms with Crippen molar-refractivity contribution in [2.24, 2.45) is 5.92 Å². The molecule has 1 amide bonds. The van der Waals surface area contributed by atoms with Crippen LogP contribution in [0.25, 0.3) is 0 Å². The van der Waals surface area contributed by atoms with E-state index in [4.69, 9.17) is 0 Å². The molecule has 1 aromatic carbocycles. The SMILES string of the molecule is CCc1ccc(C(C)NC(=O)CC2CCNC2)cc1. The third-order valence-electron chi connectivity index (χ3n) is 3.90. The fraction of sp³-hybridized carbons (Fsp3) is 0.562. The van der Waals surface area contributed by atoms with E-state index in [1.807, 2.05) is 6.92 Å². The van der Waals surface area contributed by atoms with E-state index in [-0.39, 0.29) is 11.9 Å². The Labute approximate surface area is 115 Å². The summed E-state index contributed by atoms with van der Waals surface area (Å²) in [6, 6.07) is 8.59. The summed E-state index contributed by atoms with van der Waals surface area (Å²) in [6.07, 6.45) is 2.81. The van der Waals surface area contributed by atoms with E-state index in [2.05, 4.69) is 41.8 Å². The van der Waals surface area contributed by atoms with Crippen molar-refractivity contribution in [1.29, 1.82) is 0 Å². The predicted molar refractivity (Wildman–Crippen MR) is 78.0 cm³/mol. The van der Waals surface area contributed by atoms with E-state index in [1.165, 1.54) is 11.1 Å². The molecule has 104 valence electrons. The summed E-state index contributed by atoms with van der Waals surface area (Å²) in [5, 5.41) is 6.39. The van der Waals surface area contributed by atoms with Crippen LogP contribution in [0.2, 0.25) is 0 Å². The molecule has 1 aromatic rings. The zero-order chi connectivity index (χ0) is 13.7. The molecule has 2 rings (SSSR count). The Morgan fingerprint density at radius 3 is 2.74 bits per heavy atom. The fourth-order valence-corrected chi connectivity index (χ4v) is 2.58. The number of rotatable bonds is 5. The van der Waals surface area contributed by atoms with Crippen molar-refractivity contribution >= 4 is 5.91 Å². The first-order valence-corrected chi connectivity index (χ1v) is 7.28. The van der Waals surface area contributed by atoms with E-state index < -0.39 is 0 Å². The van der Waals surface area contributed by atoms with Crippen LogP contribution in [0.1, 0.15) is 43.9 Å². The number of hydrogen-bond donors (Lipinski definition) is 2. The first-order chi connectivity index (χ1) is 9.19. The van der Waals surface area contributed by atoms with Crippen LogP contribution in [-0.2, 0) is 11.2 Å². The number of carbonyl (C=O) groups excluding carboxylic acids is 1. The molecular weight excluding hydrogens is 236 g/mol. The smallest absolute Gasteiger partial charge is 0.220 e. The second-order valence-electron chi connectivity index (χ2n) is 5.45. The predicted octanol–water partition coefficient (Wildman–Crippen LogP) is 2.43. The van der Waals surface area contributed by atoms with Crippen LogP contribution in [0.3, 0.4) is 0 Å². The average molecular weight is 260 g/mol. The zero-order valence-electron chi connectivity index (χ0n) is 11.9. The Kier molecular flexibility index (Phi) is 4.97. The fourth-order valence-electron chi connectivity index (χ4n) is 2.58.